The summed E-state index contributed by atoms with van der Waals surface area (Å²) in [4.78, 5) is 0. The average Bonchev–Trinajstić information content (AvgIpc) is 2.17. The molecule has 0 aromatic heterocycles. The molecule has 1 N–H and O–H groups in total. The van der Waals surface area contributed by atoms with Gasteiger partial charge < -0.3 is 4.74 Å². The van der Waals surface area contributed by atoms with Gasteiger partial charge >= 0.3 is 0 Å². The minimum atomic E-state index is 0.227. The van der Waals surface area contributed by atoms with Gasteiger partial charge in [0.15, 0.2) is 0 Å². The Bertz CT molecular complexity index is 281. The van der Waals surface area contributed by atoms with Crippen LogP contribution in [-0.4, -0.2) is 13.0 Å². The van der Waals surface area contributed by atoms with Crippen LogP contribution in [-0.2, 0) is 11.2 Å². The van der Waals surface area contributed by atoms with Crippen LogP contribution in [0.4, 0.5) is 0 Å². The number of benzene rings is 1. The highest BCUT2D eigenvalue weighted by Gasteiger charge is 1.99. The van der Waals surface area contributed by atoms with Crippen molar-refractivity contribution in [1.82, 2.24) is 0 Å². The van der Waals surface area contributed by atoms with Crippen molar-refractivity contribution in [3.8, 4) is 0 Å². The van der Waals surface area contributed by atoms with Crippen molar-refractivity contribution in [2.45, 2.75) is 13.3 Å². The highest BCUT2D eigenvalue weighted by molar-refractivity contribution is 5.91. The molecule has 12 heavy (non-hydrogen) atoms. The lowest BCUT2D eigenvalue weighted by atomic mass is 10.1. The van der Waals surface area contributed by atoms with Gasteiger partial charge in [-0.2, -0.15) is 0 Å². The van der Waals surface area contributed by atoms with Gasteiger partial charge in [0.25, 0.3) is 0 Å². The molecule has 2 heteroatoms. The highest BCUT2D eigenvalue weighted by Crippen LogP contribution is 2.06. The molecule has 1 aromatic carbocycles. The van der Waals surface area contributed by atoms with E-state index in [9.17, 15) is 0 Å². The summed E-state index contributed by atoms with van der Waals surface area (Å²) in [6.07, 6.45) is 0.991. The molecule has 1 rings (SSSR count). The molecule has 0 saturated carbocycles. The Morgan fingerprint density at radius 1 is 1.50 bits per heavy atom. The lowest BCUT2D eigenvalue weighted by Gasteiger charge is -2.03. The Labute approximate surface area is 72.7 Å². The predicted molar refractivity (Wildman–Crippen MR) is 49.7 cm³/mol. The predicted octanol–water partition coefficient (Wildman–Crippen LogP) is 2.22. The van der Waals surface area contributed by atoms with E-state index in [1.54, 1.807) is 0 Å². The van der Waals surface area contributed by atoms with E-state index < -0.39 is 0 Å². The first-order valence-electron chi connectivity index (χ1n) is 3.99. The number of rotatable bonds is 2. The van der Waals surface area contributed by atoms with Gasteiger partial charge in [-0.3, -0.25) is 5.41 Å². The lowest BCUT2D eigenvalue weighted by molar-refractivity contribution is 0.401. The van der Waals surface area contributed by atoms with E-state index in [4.69, 9.17) is 10.1 Å². The van der Waals surface area contributed by atoms with Crippen LogP contribution in [0.2, 0.25) is 0 Å². The number of methoxy groups -OCH3 is 1. The monoisotopic (exact) mass is 163 g/mol. The van der Waals surface area contributed by atoms with Crippen LogP contribution in [0.3, 0.4) is 0 Å². The third-order valence-corrected chi connectivity index (χ3v) is 1.80. The summed E-state index contributed by atoms with van der Waals surface area (Å²) in [6.45, 7) is 2.09. The fraction of sp³-hybridized carbons (Fsp3) is 0.300. The summed E-state index contributed by atoms with van der Waals surface area (Å²) in [5, 5.41) is 7.43. The summed E-state index contributed by atoms with van der Waals surface area (Å²) < 4.78 is 4.82. The van der Waals surface area contributed by atoms with Gasteiger partial charge in [-0.1, -0.05) is 19.1 Å². The van der Waals surface area contributed by atoms with Gasteiger partial charge in [-0.15, -0.1) is 0 Å². The topological polar surface area (TPSA) is 33.1 Å². The maximum absolute atomic E-state index is 7.43. The van der Waals surface area contributed by atoms with Gasteiger partial charge in [0.2, 0.25) is 5.90 Å². The first-order chi connectivity index (χ1) is 5.77. The van der Waals surface area contributed by atoms with Crippen molar-refractivity contribution in [3.63, 3.8) is 0 Å². The summed E-state index contributed by atoms with van der Waals surface area (Å²) in [6, 6.07) is 7.85. The zero-order valence-corrected chi connectivity index (χ0v) is 7.42. The largest absolute Gasteiger partial charge is 0.481 e. The molecule has 64 valence electrons. The van der Waals surface area contributed by atoms with Crippen LogP contribution < -0.4 is 0 Å². The highest BCUT2D eigenvalue weighted by atomic mass is 16.5. The van der Waals surface area contributed by atoms with Crippen LogP contribution in [0.15, 0.2) is 24.3 Å². The van der Waals surface area contributed by atoms with Crippen molar-refractivity contribution in [2.75, 3.05) is 7.11 Å². The van der Waals surface area contributed by atoms with Crippen LogP contribution in [0, 0.1) is 5.41 Å². The molecule has 0 fully saturated rings. The number of hydrogen-bond acceptors (Lipinski definition) is 2. The van der Waals surface area contributed by atoms with E-state index in [1.165, 1.54) is 12.7 Å². The molecular weight excluding hydrogens is 150 g/mol. The first kappa shape index (κ1) is 8.78. The maximum atomic E-state index is 7.43. The van der Waals surface area contributed by atoms with E-state index in [0.29, 0.717) is 0 Å². The molecular formula is C10H13NO. The smallest absolute Gasteiger partial charge is 0.212 e. The van der Waals surface area contributed by atoms with Gasteiger partial charge in [0.1, 0.15) is 0 Å². The standard InChI is InChI=1S/C10H13NO/c1-3-8-5-4-6-9(7-8)10(11)12-2/h4-7,11H,3H2,1-2H3. The van der Waals surface area contributed by atoms with Crippen LogP contribution in [0.5, 0.6) is 0 Å². The second-order valence-corrected chi connectivity index (χ2v) is 2.59. The molecule has 0 heterocycles. The fourth-order valence-electron chi connectivity index (χ4n) is 1.05. The quantitative estimate of drug-likeness (QED) is 0.526. The molecule has 0 aliphatic carbocycles. The first-order valence-corrected chi connectivity index (χ1v) is 3.99. The third kappa shape index (κ3) is 1.84. The zero-order chi connectivity index (χ0) is 8.97. The number of ether oxygens (including phenoxy) is 1. The molecule has 0 amide bonds. The Kier molecular flexibility index (Phi) is 2.86. The van der Waals surface area contributed by atoms with Crippen LogP contribution in [0.25, 0.3) is 0 Å². The van der Waals surface area contributed by atoms with E-state index in [-0.39, 0.29) is 5.90 Å². The molecule has 2 nitrogen and oxygen atoms in total. The van der Waals surface area contributed by atoms with Crippen LogP contribution in [0.1, 0.15) is 18.1 Å². The molecule has 0 aliphatic heterocycles. The number of aryl methyl sites for hydroxylation is 1. The maximum Gasteiger partial charge on any atom is 0.212 e. The van der Waals surface area contributed by atoms with Crippen molar-refractivity contribution in [3.05, 3.63) is 35.4 Å². The van der Waals surface area contributed by atoms with E-state index in [2.05, 4.69) is 6.92 Å². The van der Waals surface area contributed by atoms with Crippen LogP contribution >= 0.6 is 0 Å². The molecule has 0 radical (unpaired) electrons. The van der Waals surface area contributed by atoms with E-state index in [0.717, 1.165) is 12.0 Å². The molecule has 0 spiro atoms. The zero-order valence-electron chi connectivity index (χ0n) is 7.42. The van der Waals surface area contributed by atoms with Crippen molar-refractivity contribution in [1.29, 1.82) is 5.41 Å². The molecule has 1 aromatic rings. The Hall–Kier alpha value is -1.31. The second kappa shape index (κ2) is 3.90. The molecule has 0 aliphatic rings. The average molecular weight is 163 g/mol. The third-order valence-electron chi connectivity index (χ3n) is 1.80. The number of hydrogen-bond donors (Lipinski definition) is 1. The summed E-state index contributed by atoms with van der Waals surface area (Å²) in [5.41, 5.74) is 2.08. The summed E-state index contributed by atoms with van der Waals surface area (Å²) in [7, 11) is 1.51. The Morgan fingerprint density at radius 3 is 2.83 bits per heavy atom. The van der Waals surface area contributed by atoms with Gasteiger partial charge in [-0.05, 0) is 24.1 Å². The molecule has 0 unspecified atom stereocenters. The van der Waals surface area contributed by atoms with Gasteiger partial charge in [0.05, 0.1) is 7.11 Å². The molecule has 0 atom stereocenters. The minimum Gasteiger partial charge on any atom is -0.481 e. The molecule has 0 saturated heterocycles. The lowest BCUT2D eigenvalue weighted by Crippen LogP contribution is -2.01. The normalized spacial score (nSPS) is 9.50. The van der Waals surface area contributed by atoms with Crippen molar-refractivity contribution < 1.29 is 4.74 Å². The summed E-state index contributed by atoms with van der Waals surface area (Å²) >= 11 is 0. The van der Waals surface area contributed by atoms with Crippen molar-refractivity contribution >= 4 is 5.90 Å². The van der Waals surface area contributed by atoms with Crippen molar-refractivity contribution in [2.24, 2.45) is 0 Å². The Morgan fingerprint density at radius 2 is 2.25 bits per heavy atom. The summed E-state index contributed by atoms with van der Waals surface area (Å²) in [5.74, 6) is 0.227. The fourth-order valence-corrected chi connectivity index (χ4v) is 1.05. The van der Waals surface area contributed by atoms with Gasteiger partial charge in [-0.25, -0.2) is 0 Å². The number of nitrogens with one attached hydrogen (secondary N) is 1. The van der Waals surface area contributed by atoms with Gasteiger partial charge in [0, 0.05) is 5.56 Å². The Balaban J connectivity index is 2.93. The SMILES string of the molecule is CCc1cccc(C(=N)OC)c1. The minimum absolute atomic E-state index is 0.227. The van der Waals surface area contributed by atoms with E-state index in [1.807, 2.05) is 24.3 Å². The second-order valence-electron chi connectivity index (χ2n) is 2.59. The molecule has 0 bridgehead atoms. The van der Waals surface area contributed by atoms with E-state index >= 15 is 0 Å².